The second kappa shape index (κ2) is 30.8. The number of likely N-dealkylation sites (tertiary alicyclic amines) is 1. The molecule has 322 valence electrons. The van der Waals surface area contributed by atoms with Crippen LogP contribution in [0.15, 0.2) is 85.4 Å². The number of aromatic nitrogens is 2. The van der Waals surface area contributed by atoms with E-state index in [1.54, 1.807) is 24.4 Å². The maximum Gasteiger partial charge on any atom is 0.243 e. The van der Waals surface area contributed by atoms with Gasteiger partial charge in [0.05, 0.1) is 18.7 Å². The van der Waals surface area contributed by atoms with E-state index < -0.39 is 35.5 Å². The third kappa shape index (κ3) is 21.3. The van der Waals surface area contributed by atoms with Crippen molar-refractivity contribution in [2.45, 2.75) is 117 Å². The molecule has 1 aliphatic heterocycles. The molecule has 4 rings (SSSR count). The average molecular weight is 806 g/mol. The number of hydrogen-bond acceptors (Lipinski definition) is 10. The van der Waals surface area contributed by atoms with Crippen LogP contribution in [0.3, 0.4) is 0 Å². The number of ether oxygens (including phenoxy) is 1. The van der Waals surface area contributed by atoms with Gasteiger partial charge in [-0.1, -0.05) is 121 Å². The molecule has 1 aromatic heterocycles. The molecule has 14 nitrogen and oxygen atoms in total. The molecule has 14 heteroatoms. The number of carbonyl (C=O) groups is 4. The van der Waals surface area contributed by atoms with Gasteiger partial charge < -0.3 is 42.8 Å². The molecule has 1 fully saturated rings. The number of likely N-dealkylation sites (N-methyl/N-ethyl adjacent to an activating group) is 1. The second-order valence-electron chi connectivity index (χ2n) is 13.6. The number of rotatable bonds is 16. The zero-order valence-electron chi connectivity index (χ0n) is 36.1. The van der Waals surface area contributed by atoms with Gasteiger partial charge in [0.15, 0.2) is 0 Å². The van der Waals surface area contributed by atoms with Crippen LogP contribution in [0.1, 0.15) is 90.3 Å². The minimum Gasteiger partial charge on any atom is -0.500 e. The minimum absolute atomic E-state index is 0.218. The van der Waals surface area contributed by atoms with Crippen LogP contribution in [0.4, 0.5) is 5.95 Å². The highest BCUT2D eigenvalue weighted by molar-refractivity contribution is 5.93. The number of amides is 4. The van der Waals surface area contributed by atoms with Crippen LogP contribution in [-0.4, -0.2) is 89.4 Å². The summed E-state index contributed by atoms with van der Waals surface area (Å²) in [6.45, 7) is 19.4. The monoisotopic (exact) mass is 806 g/mol. The standard InChI is InChI=1S/C26H36N4O3.C8H14N2O2.C5H7N3.C3H8.C2H6/c1-3-5-16-22(25(32)28-4-2)29-26(33)23(18-20-14-10-7-11-15-20)30-24(31)21(27)17-19-12-8-6-9-13-19;1-7(12-2)8(9)3-4-10(5-8)6-11;1-4-2-7-5(6)8-3-4;1-3-2;1-2/h6-15,21-23H,3-5,16-18,27H2,1-2H3,(H,28,32)(H,29,33)(H,30,31);6H,1,3-5,9H2,2H3;2-3H,1H3,(H2,6,7,8);3H2,1-2H3;1-2H3/t21?,22?,23-;;;;/m1..../s1. The van der Waals surface area contributed by atoms with Crippen LogP contribution in [0.2, 0.25) is 0 Å². The quantitative estimate of drug-likeness (QED) is 0.0872. The Labute approximate surface area is 347 Å². The number of unbranched alkanes of at least 4 members (excludes halogenated alkanes) is 1. The summed E-state index contributed by atoms with van der Waals surface area (Å²) in [4.78, 5) is 58.0. The Kier molecular flexibility index (Phi) is 27.9. The summed E-state index contributed by atoms with van der Waals surface area (Å²) in [7, 11) is 1.54. The number of anilines is 1. The number of aryl methyl sites for hydroxylation is 1. The summed E-state index contributed by atoms with van der Waals surface area (Å²) in [5, 5.41) is 8.43. The lowest BCUT2D eigenvalue weighted by Crippen LogP contribution is -2.56. The Morgan fingerprint density at radius 2 is 1.41 bits per heavy atom. The molecule has 2 heterocycles. The van der Waals surface area contributed by atoms with Gasteiger partial charge in [-0.05, 0) is 49.8 Å². The molecular weight excluding hydrogens is 735 g/mol. The van der Waals surface area contributed by atoms with E-state index >= 15 is 0 Å². The number of hydrogen-bond donors (Lipinski definition) is 6. The minimum atomic E-state index is -0.847. The molecule has 0 saturated carbocycles. The average Bonchev–Trinajstić information content (AvgIpc) is 3.64. The number of nitrogen functional groups attached to an aromatic ring is 1. The fourth-order valence-corrected chi connectivity index (χ4v) is 5.33. The lowest BCUT2D eigenvalue weighted by molar-refractivity contribution is -0.132. The lowest BCUT2D eigenvalue weighted by atomic mass is 9.98. The first kappa shape index (κ1) is 52.7. The van der Waals surface area contributed by atoms with Gasteiger partial charge in [-0.25, -0.2) is 9.97 Å². The SMILES string of the molecule is C=C(OC)C1(N)CCN(C=O)C1.CC.CCC.CCCCC(NC(=O)[C@@H](Cc1ccccc1)NC(=O)C(N)Cc1ccccc1)C(=O)NCC.Cc1cnc(N)nc1. The normalized spacial score (nSPS) is 15.2. The van der Waals surface area contributed by atoms with Crippen LogP contribution in [-0.2, 0) is 36.8 Å². The van der Waals surface area contributed by atoms with Crippen molar-refractivity contribution in [1.82, 2.24) is 30.8 Å². The zero-order chi connectivity index (χ0) is 43.9. The lowest BCUT2D eigenvalue weighted by Gasteiger charge is -2.24. The van der Waals surface area contributed by atoms with Gasteiger partial charge in [-0.15, -0.1) is 0 Å². The topological polar surface area (TPSA) is 221 Å². The first-order valence-electron chi connectivity index (χ1n) is 20.2. The summed E-state index contributed by atoms with van der Waals surface area (Å²) < 4.78 is 4.97. The number of methoxy groups -OCH3 is 1. The summed E-state index contributed by atoms with van der Waals surface area (Å²) in [6.07, 6.45) is 9.05. The Hall–Kier alpha value is -5.34. The Morgan fingerprint density at radius 1 is 0.897 bits per heavy atom. The fourth-order valence-electron chi connectivity index (χ4n) is 5.33. The predicted molar refractivity (Wildman–Crippen MR) is 234 cm³/mol. The third-order valence-electron chi connectivity index (χ3n) is 8.46. The summed E-state index contributed by atoms with van der Waals surface area (Å²) in [5.41, 5.74) is 19.6. The molecule has 1 saturated heterocycles. The Balaban J connectivity index is 0.00000105. The number of carbonyl (C=O) groups excluding carboxylic acids is 4. The van der Waals surface area contributed by atoms with E-state index in [-0.39, 0.29) is 5.91 Å². The molecule has 0 radical (unpaired) electrons. The van der Waals surface area contributed by atoms with Crippen molar-refractivity contribution in [3.05, 3.63) is 102 Å². The molecule has 0 aliphatic carbocycles. The summed E-state index contributed by atoms with van der Waals surface area (Å²) >= 11 is 0. The van der Waals surface area contributed by atoms with E-state index in [1.165, 1.54) is 6.42 Å². The molecule has 3 aromatic rings. The van der Waals surface area contributed by atoms with Crippen molar-refractivity contribution < 1.29 is 23.9 Å². The summed E-state index contributed by atoms with van der Waals surface area (Å²) in [6, 6.07) is 16.7. The number of nitrogens with two attached hydrogens (primary N) is 3. The molecule has 0 bridgehead atoms. The van der Waals surface area contributed by atoms with Gasteiger partial charge in [0, 0.05) is 38.4 Å². The van der Waals surface area contributed by atoms with E-state index in [9.17, 15) is 19.2 Å². The van der Waals surface area contributed by atoms with Crippen molar-refractivity contribution in [3.8, 4) is 0 Å². The van der Waals surface area contributed by atoms with Crippen molar-refractivity contribution in [1.29, 1.82) is 0 Å². The number of benzene rings is 2. The van der Waals surface area contributed by atoms with E-state index in [1.807, 2.05) is 95.3 Å². The molecular formula is C44H71N9O5. The van der Waals surface area contributed by atoms with Gasteiger partial charge >= 0.3 is 0 Å². The zero-order valence-corrected chi connectivity index (χ0v) is 36.1. The highest BCUT2D eigenvalue weighted by Crippen LogP contribution is 2.24. The molecule has 0 spiro atoms. The van der Waals surface area contributed by atoms with Gasteiger partial charge in [0.1, 0.15) is 17.8 Å². The van der Waals surface area contributed by atoms with E-state index in [2.05, 4.69) is 46.3 Å². The molecule has 2 aromatic carbocycles. The fraction of sp³-hybridized carbons (Fsp3) is 0.500. The molecule has 4 amide bonds. The van der Waals surface area contributed by atoms with Crippen molar-refractivity contribution >= 4 is 30.1 Å². The van der Waals surface area contributed by atoms with Crippen molar-refractivity contribution in [2.75, 3.05) is 32.5 Å². The van der Waals surface area contributed by atoms with Gasteiger partial charge in [0.2, 0.25) is 30.1 Å². The van der Waals surface area contributed by atoms with Crippen LogP contribution < -0.4 is 33.2 Å². The third-order valence-corrected chi connectivity index (χ3v) is 8.46. The molecule has 3 unspecified atom stereocenters. The van der Waals surface area contributed by atoms with Gasteiger partial charge in [-0.2, -0.15) is 0 Å². The summed E-state index contributed by atoms with van der Waals surface area (Å²) in [5.74, 6) is -0.142. The Bertz CT molecular complexity index is 1560. The van der Waals surface area contributed by atoms with Crippen LogP contribution in [0.5, 0.6) is 0 Å². The van der Waals surface area contributed by atoms with Gasteiger partial charge in [-0.3, -0.25) is 19.2 Å². The van der Waals surface area contributed by atoms with Gasteiger partial charge in [0.25, 0.3) is 0 Å². The van der Waals surface area contributed by atoms with Crippen LogP contribution >= 0.6 is 0 Å². The molecule has 58 heavy (non-hydrogen) atoms. The van der Waals surface area contributed by atoms with Crippen molar-refractivity contribution in [3.63, 3.8) is 0 Å². The smallest absolute Gasteiger partial charge is 0.243 e. The molecule has 4 atom stereocenters. The first-order chi connectivity index (χ1) is 27.8. The van der Waals surface area contributed by atoms with E-state index in [0.29, 0.717) is 50.6 Å². The first-order valence-corrected chi connectivity index (χ1v) is 20.2. The Morgan fingerprint density at radius 3 is 1.86 bits per heavy atom. The van der Waals surface area contributed by atoms with E-state index in [0.717, 1.165) is 42.4 Å². The second-order valence-corrected chi connectivity index (χ2v) is 13.6. The number of nitrogens with zero attached hydrogens (tertiary/aromatic N) is 3. The van der Waals surface area contributed by atoms with Crippen LogP contribution in [0, 0.1) is 6.92 Å². The predicted octanol–water partition coefficient (Wildman–Crippen LogP) is 4.61. The van der Waals surface area contributed by atoms with Crippen LogP contribution in [0.25, 0.3) is 0 Å². The molecule has 1 aliphatic rings. The van der Waals surface area contributed by atoms with Crippen molar-refractivity contribution in [2.24, 2.45) is 11.5 Å². The highest BCUT2D eigenvalue weighted by Gasteiger charge is 2.37. The highest BCUT2D eigenvalue weighted by atomic mass is 16.5. The maximum atomic E-state index is 13.2. The molecule has 9 N–H and O–H groups in total. The largest absolute Gasteiger partial charge is 0.500 e. The number of nitrogens with one attached hydrogen (secondary N) is 3. The van der Waals surface area contributed by atoms with E-state index in [4.69, 9.17) is 21.9 Å². The maximum absolute atomic E-state index is 13.2.